The van der Waals surface area contributed by atoms with Gasteiger partial charge in [0.15, 0.2) is 0 Å². The summed E-state index contributed by atoms with van der Waals surface area (Å²) in [5.41, 5.74) is 1.22. The minimum absolute atomic E-state index is 0.0520. The van der Waals surface area contributed by atoms with Crippen molar-refractivity contribution in [2.75, 3.05) is 26.1 Å². The molecule has 2 heterocycles. The third-order valence-corrected chi connectivity index (χ3v) is 3.16. The molecule has 1 N–H and O–H groups in total. The number of rotatable bonds is 5. The van der Waals surface area contributed by atoms with Crippen molar-refractivity contribution in [2.24, 2.45) is 0 Å². The zero-order chi connectivity index (χ0) is 14.7. The number of hydrogen-bond donors (Lipinski definition) is 1. The van der Waals surface area contributed by atoms with Crippen LogP contribution in [0.3, 0.4) is 0 Å². The summed E-state index contributed by atoms with van der Waals surface area (Å²) in [4.78, 5) is 12.2. The number of nitrogens with zero attached hydrogens (tertiary/aromatic N) is 3. The number of methoxy groups -OCH3 is 2. The van der Waals surface area contributed by atoms with Crippen molar-refractivity contribution < 1.29 is 14.2 Å². The molecule has 3 rings (SSSR count). The molecule has 110 valence electrons. The Labute approximate surface area is 122 Å². The van der Waals surface area contributed by atoms with Crippen LogP contribution in [0.2, 0.25) is 0 Å². The van der Waals surface area contributed by atoms with E-state index in [0.29, 0.717) is 12.5 Å². The van der Waals surface area contributed by atoms with Gasteiger partial charge in [0.1, 0.15) is 11.9 Å². The van der Waals surface area contributed by atoms with E-state index in [1.165, 1.54) is 19.8 Å². The van der Waals surface area contributed by atoms with Crippen LogP contribution in [0.5, 0.6) is 17.8 Å². The van der Waals surface area contributed by atoms with Crippen LogP contribution in [-0.4, -0.2) is 41.8 Å². The number of fused-ring (bicyclic) bond motifs is 1. The lowest BCUT2D eigenvalue weighted by molar-refractivity contribution is 0.246. The van der Waals surface area contributed by atoms with Crippen molar-refractivity contribution in [2.45, 2.75) is 12.5 Å². The molecule has 0 saturated heterocycles. The molecule has 1 aliphatic rings. The van der Waals surface area contributed by atoms with E-state index in [1.807, 2.05) is 18.2 Å². The van der Waals surface area contributed by atoms with Crippen molar-refractivity contribution in [1.29, 1.82) is 0 Å². The highest BCUT2D eigenvalue weighted by molar-refractivity contribution is 5.38. The Morgan fingerprint density at radius 1 is 1.14 bits per heavy atom. The molecule has 0 amide bonds. The lowest BCUT2D eigenvalue weighted by atomic mass is 10.1. The molecule has 0 saturated carbocycles. The van der Waals surface area contributed by atoms with Gasteiger partial charge in [-0.1, -0.05) is 18.2 Å². The minimum atomic E-state index is 0.0520. The van der Waals surface area contributed by atoms with E-state index in [-0.39, 0.29) is 18.1 Å². The first-order valence-electron chi connectivity index (χ1n) is 6.61. The van der Waals surface area contributed by atoms with E-state index in [2.05, 4.69) is 26.3 Å². The third kappa shape index (κ3) is 2.96. The molecule has 0 aliphatic carbocycles. The Morgan fingerprint density at radius 2 is 1.86 bits per heavy atom. The summed E-state index contributed by atoms with van der Waals surface area (Å²) in [6.07, 6.45) is 0.916. The molecular weight excluding hydrogens is 272 g/mol. The Balaban J connectivity index is 1.64. The van der Waals surface area contributed by atoms with Crippen molar-refractivity contribution in [3.8, 4) is 17.8 Å². The highest BCUT2D eigenvalue weighted by Gasteiger charge is 2.22. The van der Waals surface area contributed by atoms with E-state index in [1.54, 1.807) is 0 Å². The fraction of sp³-hybridized carbons (Fsp3) is 0.357. The van der Waals surface area contributed by atoms with E-state index in [4.69, 9.17) is 14.2 Å². The molecule has 1 atom stereocenters. The number of aromatic nitrogens is 3. The molecule has 7 nitrogen and oxygen atoms in total. The number of anilines is 1. The monoisotopic (exact) mass is 288 g/mol. The molecule has 1 aromatic carbocycles. The lowest BCUT2D eigenvalue weighted by Gasteiger charge is -2.12. The normalized spacial score (nSPS) is 16.0. The molecule has 1 unspecified atom stereocenters. The zero-order valence-electron chi connectivity index (χ0n) is 11.9. The number of benzene rings is 1. The van der Waals surface area contributed by atoms with Gasteiger partial charge in [-0.3, -0.25) is 0 Å². The topological polar surface area (TPSA) is 78.4 Å². The highest BCUT2D eigenvalue weighted by atomic mass is 16.5. The molecule has 0 spiro atoms. The summed E-state index contributed by atoms with van der Waals surface area (Å²) in [7, 11) is 2.99. The van der Waals surface area contributed by atoms with Crippen molar-refractivity contribution in [1.82, 2.24) is 15.0 Å². The maximum atomic E-state index is 5.85. The summed E-state index contributed by atoms with van der Waals surface area (Å²) >= 11 is 0. The van der Waals surface area contributed by atoms with Crippen LogP contribution in [0.4, 0.5) is 5.95 Å². The summed E-state index contributed by atoms with van der Waals surface area (Å²) in [5.74, 6) is 1.34. The first-order valence-corrected chi connectivity index (χ1v) is 6.61. The van der Waals surface area contributed by atoms with Crippen LogP contribution in [0.1, 0.15) is 5.56 Å². The molecule has 0 fully saturated rings. The van der Waals surface area contributed by atoms with E-state index < -0.39 is 0 Å². The van der Waals surface area contributed by atoms with Crippen LogP contribution in [-0.2, 0) is 6.42 Å². The quantitative estimate of drug-likeness (QED) is 0.888. The van der Waals surface area contributed by atoms with E-state index in [9.17, 15) is 0 Å². The molecule has 7 heteroatoms. The Bertz CT molecular complexity index is 588. The first kappa shape index (κ1) is 13.4. The van der Waals surface area contributed by atoms with E-state index >= 15 is 0 Å². The summed E-state index contributed by atoms with van der Waals surface area (Å²) in [6.45, 7) is 0.588. The average Bonchev–Trinajstić information content (AvgIpc) is 2.95. The number of ether oxygens (including phenoxy) is 3. The van der Waals surface area contributed by atoms with Crippen molar-refractivity contribution in [3.63, 3.8) is 0 Å². The predicted molar refractivity (Wildman–Crippen MR) is 76.0 cm³/mol. The second-order valence-electron chi connectivity index (χ2n) is 4.57. The Morgan fingerprint density at radius 3 is 2.52 bits per heavy atom. The predicted octanol–water partition coefficient (Wildman–Crippen LogP) is 1.30. The van der Waals surface area contributed by atoms with Gasteiger partial charge in [-0.15, -0.1) is 4.98 Å². The van der Waals surface area contributed by atoms with Gasteiger partial charge in [0.05, 0.1) is 20.8 Å². The molecule has 0 radical (unpaired) electrons. The largest absolute Gasteiger partial charge is 0.488 e. The maximum absolute atomic E-state index is 5.85. The average molecular weight is 288 g/mol. The molecule has 1 aromatic heterocycles. The first-order chi connectivity index (χ1) is 10.3. The van der Waals surface area contributed by atoms with E-state index in [0.717, 1.165) is 12.2 Å². The SMILES string of the molecule is COc1nc(NCC2Cc3ccccc3O2)nc(OC)n1. The number of nitrogens with one attached hydrogen (secondary N) is 1. The lowest BCUT2D eigenvalue weighted by Crippen LogP contribution is -2.25. The molecule has 1 aliphatic heterocycles. The van der Waals surface area contributed by atoms with Gasteiger partial charge in [-0.05, 0) is 11.6 Å². The van der Waals surface area contributed by atoms with Gasteiger partial charge in [-0.2, -0.15) is 9.97 Å². The van der Waals surface area contributed by atoms with Crippen molar-refractivity contribution >= 4 is 5.95 Å². The van der Waals surface area contributed by atoms with Gasteiger partial charge in [0.25, 0.3) is 0 Å². The van der Waals surface area contributed by atoms with Crippen LogP contribution in [0.15, 0.2) is 24.3 Å². The molecular formula is C14H16N4O3. The van der Waals surface area contributed by atoms with Crippen LogP contribution in [0, 0.1) is 0 Å². The molecule has 21 heavy (non-hydrogen) atoms. The van der Waals surface area contributed by atoms with Gasteiger partial charge in [0, 0.05) is 6.42 Å². The zero-order valence-corrected chi connectivity index (χ0v) is 11.9. The summed E-state index contributed by atoms with van der Waals surface area (Å²) in [6, 6.07) is 8.45. The second-order valence-corrected chi connectivity index (χ2v) is 4.57. The van der Waals surface area contributed by atoms with Crippen LogP contribution in [0.25, 0.3) is 0 Å². The van der Waals surface area contributed by atoms with Gasteiger partial charge >= 0.3 is 12.0 Å². The van der Waals surface area contributed by atoms with Crippen molar-refractivity contribution in [3.05, 3.63) is 29.8 Å². The smallest absolute Gasteiger partial charge is 0.324 e. The fourth-order valence-electron chi connectivity index (χ4n) is 2.17. The molecule has 0 bridgehead atoms. The highest BCUT2D eigenvalue weighted by Crippen LogP contribution is 2.28. The van der Waals surface area contributed by atoms with Crippen LogP contribution < -0.4 is 19.5 Å². The van der Waals surface area contributed by atoms with Gasteiger partial charge in [0.2, 0.25) is 5.95 Å². The Hall–Kier alpha value is -2.57. The maximum Gasteiger partial charge on any atom is 0.324 e. The number of hydrogen-bond acceptors (Lipinski definition) is 7. The summed E-state index contributed by atoms with van der Waals surface area (Å²) in [5, 5.41) is 3.12. The van der Waals surface area contributed by atoms with Gasteiger partial charge < -0.3 is 19.5 Å². The summed E-state index contributed by atoms with van der Waals surface area (Å²) < 4.78 is 15.9. The van der Waals surface area contributed by atoms with Gasteiger partial charge in [-0.25, -0.2) is 0 Å². The molecule has 2 aromatic rings. The standard InChI is InChI=1S/C14H16N4O3/c1-19-13-16-12(17-14(18-13)20-2)15-8-10-7-9-5-3-4-6-11(9)21-10/h3-6,10H,7-8H2,1-2H3,(H,15,16,17,18). The number of para-hydroxylation sites is 1. The minimum Gasteiger partial charge on any atom is -0.488 e. The fourth-order valence-corrected chi connectivity index (χ4v) is 2.17. The Kier molecular flexibility index (Phi) is 3.72. The second kappa shape index (κ2) is 5.82. The third-order valence-electron chi connectivity index (χ3n) is 3.16. The van der Waals surface area contributed by atoms with Crippen LogP contribution >= 0.6 is 0 Å².